The van der Waals surface area contributed by atoms with E-state index in [4.69, 9.17) is 9.47 Å². The van der Waals surface area contributed by atoms with Crippen LogP contribution < -0.4 is 20.1 Å². The second kappa shape index (κ2) is 10.9. The lowest BCUT2D eigenvalue weighted by molar-refractivity contribution is -0.129. The molecule has 0 aliphatic carbocycles. The number of carbonyl (C=O) groups excluding carboxylic acids is 2. The second-order valence-electron chi connectivity index (χ2n) is 6.05. The van der Waals surface area contributed by atoms with Crippen molar-refractivity contribution in [3.05, 3.63) is 59.7 Å². The maximum atomic E-state index is 11.9. The Hall–Kier alpha value is -3.02. The van der Waals surface area contributed by atoms with E-state index in [9.17, 15) is 9.59 Å². The minimum absolute atomic E-state index is 0.166. The monoisotopic (exact) mass is 370 g/mol. The van der Waals surface area contributed by atoms with Gasteiger partial charge in [-0.25, -0.2) is 0 Å². The predicted octanol–water partition coefficient (Wildman–Crippen LogP) is 2.11. The van der Waals surface area contributed by atoms with Crippen LogP contribution in [0.1, 0.15) is 17.5 Å². The lowest BCUT2D eigenvalue weighted by Crippen LogP contribution is -2.33. The van der Waals surface area contributed by atoms with Gasteiger partial charge in [-0.1, -0.05) is 36.4 Å². The summed E-state index contributed by atoms with van der Waals surface area (Å²) in [6.07, 6.45) is 1.22. The van der Waals surface area contributed by atoms with Gasteiger partial charge in [0.2, 0.25) is 11.8 Å². The Morgan fingerprint density at radius 1 is 0.778 bits per heavy atom. The molecule has 144 valence electrons. The van der Waals surface area contributed by atoms with Crippen LogP contribution in [0.25, 0.3) is 0 Å². The van der Waals surface area contributed by atoms with Crippen molar-refractivity contribution < 1.29 is 19.1 Å². The molecule has 27 heavy (non-hydrogen) atoms. The molecule has 6 heteroatoms. The van der Waals surface area contributed by atoms with E-state index in [2.05, 4.69) is 10.6 Å². The number of hydrogen-bond donors (Lipinski definition) is 2. The average Bonchev–Trinajstić information content (AvgIpc) is 2.68. The van der Waals surface area contributed by atoms with Gasteiger partial charge in [0.25, 0.3) is 0 Å². The molecule has 2 aromatic carbocycles. The van der Waals surface area contributed by atoms with Gasteiger partial charge in [0.15, 0.2) is 11.5 Å². The summed E-state index contributed by atoms with van der Waals surface area (Å²) in [4.78, 5) is 23.7. The van der Waals surface area contributed by atoms with Crippen molar-refractivity contribution in [3.8, 4) is 11.5 Å². The second-order valence-corrected chi connectivity index (χ2v) is 6.05. The molecule has 0 saturated heterocycles. The lowest BCUT2D eigenvalue weighted by atomic mass is 10.1. The van der Waals surface area contributed by atoms with Crippen LogP contribution in [-0.2, 0) is 22.4 Å². The number of ether oxygens (including phenoxy) is 2. The predicted molar refractivity (Wildman–Crippen MR) is 104 cm³/mol. The van der Waals surface area contributed by atoms with Crippen molar-refractivity contribution in [1.82, 2.24) is 10.6 Å². The fourth-order valence-corrected chi connectivity index (χ4v) is 2.64. The molecule has 0 aromatic heterocycles. The smallest absolute Gasteiger partial charge is 0.229 e. The maximum absolute atomic E-state index is 11.9. The molecule has 2 rings (SSSR count). The van der Waals surface area contributed by atoms with Gasteiger partial charge in [-0.2, -0.15) is 0 Å². The summed E-state index contributed by atoms with van der Waals surface area (Å²) >= 11 is 0. The molecule has 2 amide bonds. The third kappa shape index (κ3) is 7.01. The van der Waals surface area contributed by atoms with Crippen LogP contribution in [0, 0.1) is 0 Å². The van der Waals surface area contributed by atoms with Crippen LogP contribution in [0.15, 0.2) is 48.5 Å². The average molecular weight is 370 g/mol. The highest BCUT2D eigenvalue weighted by Crippen LogP contribution is 2.27. The molecule has 0 bridgehead atoms. The summed E-state index contributed by atoms with van der Waals surface area (Å²) in [5, 5.41) is 5.53. The zero-order valence-corrected chi connectivity index (χ0v) is 15.8. The summed E-state index contributed by atoms with van der Waals surface area (Å²) in [5.74, 6) is 0.763. The Morgan fingerprint density at radius 2 is 1.37 bits per heavy atom. The van der Waals surface area contributed by atoms with Crippen LogP contribution in [0.3, 0.4) is 0 Å². The van der Waals surface area contributed by atoms with E-state index < -0.39 is 0 Å². The number of benzene rings is 2. The summed E-state index contributed by atoms with van der Waals surface area (Å²) in [7, 11) is 3.17. The van der Waals surface area contributed by atoms with Crippen LogP contribution in [0.4, 0.5) is 0 Å². The van der Waals surface area contributed by atoms with E-state index in [0.717, 1.165) is 17.5 Å². The Bertz CT molecular complexity index is 747. The Balaban J connectivity index is 1.66. The molecule has 6 nitrogen and oxygen atoms in total. The molecule has 0 aliphatic rings. The van der Waals surface area contributed by atoms with E-state index in [1.165, 1.54) is 0 Å². The Labute approximate surface area is 159 Å². The molecule has 0 saturated carbocycles. The first kappa shape index (κ1) is 20.3. The van der Waals surface area contributed by atoms with Crippen LogP contribution in [0.2, 0.25) is 0 Å². The molecule has 0 aliphatic heterocycles. The molecule has 0 atom stereocenters. The molecule has 0 spiro atoms. The van der Waals surface area contributed by atoms with Crippen molar-refractivity contribution in [3.63, 3.8) is 0 Å². The zero-order chi connectivity index (χ0) is 19.5. The quantitative estimate of drug-likeness (QED) is 0.628. The highest BCUT2D eigenvalue weighted by molar-refractivity contribution is 5.96. The van der Waals surface area contributed by atoms with Crippen molar-refractivity contribution >= 4 is 11.8 Å². The molecule has 0 radical (unpaired) electrons. The van der Waals surface area contributed by atoms with Crippen molar-refractivity contribution in [1.29, 1.82) is 0 Å². The van der Waals surface area contributed by atoms with Gasteiger partial charge in [0.1, 0.15) is 6.42 Å². The maximum Gasteiger partial charge on any atom is 0.229 e. The number of methoxy groups -OCH3 is 2. The third-order valence-electron chi connectivity index (χ3n) is 4.08. The topological polar surface area (TPSA) is 76.7 Å². The standard InChI is InChI=1S/C21H26N2O4/c1-26-18-9-8-17(14-19(18)27-2)11-13-23-21(25)15-20(24)22-12-10-16-6-4-3-5-7-16/h3-9,14H,10-13,15H2,1-2H3,(H,22,24)(H,23,25). The van der Waals surface area contributed by atoms with Gasteiger partial charge < -0.3 is 20.1 Å². The van der Waals surface area contributed by atoms with Gasteiger partial charge in [0.05, 0.1) is 14.2 Å². The van der Waals surface area contributed by atoms with Crippen LogP contribution in [0.5, 0.6) is 11.5 Å². The summed E-state index contributed by atoms with van der Waals surface area (Å²) in [6.45, 7) is 0.966. The van der Waals surface area contributed by atoms with E-state index in [-0.39, 0.29) is 18.2 Å². The number of hydrogen-bond acceptors (Lipinski definition) is 4. The third-order valence-corrected chi connectivity index (χ3v) is 4.08. The molecule has 0 heterocycles. The number of nitrogens with one attached hydrogen (secondary N) is 2. The minimum Gasteiger partial charge on any atom is -0.493 e. The number of amides is 2. The summed E-state index contributed by atoms with van der Waals surface area (Å²) in [6, 6.07) is 15.5. The Morgan fingerprint density at radius 3 is 1.96 bits per heavy atom. The van der Waals surface area contributed by atoms with Crippen LogP contribution in [-0.4, -0.2) is 39.1 Å². The molecule has 0 fully saturated rings. The number of rotatable bonds is 10. The van der Waals surface area contributed by atoms with E-state index in [1.54, 1.807) is 14.2 Å². The first-order valence-electron chi connectivity index (χ1n) is 8.90. The summed E-state index contributed by atoms with van der Waals surface area (Å²) in [5.41, 5.74) is 2.16. The number of carbonyl (C=O) groups is 2. The van der Waals surface area contributed by atoms with Gasteiger partial charge in [0, 0.05) is 13.1 Å². The van der Waals surface area contributed by atoms with Crippen molar-refractivity contribution in [2.75, 3.05) is 27.3 Å². The van der Waals surface area contributed by atoms with E-state index >= 15 is 0 Å². The first-order valence-corrected chi connectivity index (χ1v) is 8.90. The van der Waals surface area contributed by atoms with Gasteiger partial charge >= 0.3 is 0 Å². The minimum atomic E-state index is -0.285. The molecule has 2 aromatic rings. The SMILES string of the molecule is COc1ccc(CCNC(=O)CC(=O)NCCc2ccccc2)cc1OC. The Kier molecular flexibility index (Phi) is 8.16. The highest BCUT2D eigenvalue weighted by Gasteiger charge is 2.09. The van der Waals surface area contributed by atoms with Gasteiger partial charge in [-0.3, -0.25) is 9.59 Å². The van der Waals surface area contributed by atoms with Crippen molar-refractivity contribution in [2.24, 2.45) is 0 Å². The van der Waals surface area contributed by atoms with Crippen molar-refractivity contribution in [2.45, 2.75) is 19.3 Å². The molecular formula is C21H26N2O4. The fourth-order valence-electron chi connectivity index (χ4n) is 2.64. The molecular weight excluding hydrogens is 344 g/mol. The molecule has 0 unspecified atom stereocenters. The zero-order valence-electron chi connectivity index (χ0n) is 15.8. The fraction of sp³-hybridized carbons (Fsp3) is 0.333. The first-order chi connectivity index (χ1) is 13.1. The van der Waals surface area contributed by atoms with Crippen LogP contribution >= 0.6 is 0 Å². The summed E-state index contributed by atoms with van der Waals surface area (Å²) < 4.78 is 10.5. The highest BCUT2D eigenvalue weighted by atomic mass is 16.5. The van der Waals surface area contributed by atoms with E-state index in [0.29, 0.717) is 31.0 Å². The largest absolute Gasteiger partial charge is 0.493 e. The van der Waals surface area contributed by atoms with Gasteiger partial charge in [-0.15, -0.1) is 0 Å². The van der Waals surface area contributed by atoms with E-state index in [1.807, 2.05) is 48.5 Å². The van der Waals surface area contributed by atoms with Gasteiger partial charge in [-0.05, 0) is 36.1 Å². The molecule has 2 N–H and O–H groups in total. The normalized spacial score (nSPS) is 10.1. The lowest BCUT2D eigenvalue weighted by Gasteiger charge is -2.10.